The van der Waals surface area contributed by atoms with Crippen LogP contribution in [0.1, 0.15) is 20.7 Å². The number of hydrogen-bond donors (Lipinski definition) is 0. The molecule has 2 aromatic carbocycles. The van der Waals surface area contributed by atoms with Crippen LogP contribution in [-0.2, 0) is 4.84 Å². The monoisotopic (exact) mass is 333 g/mol. The number of hydroxylamine groups is 2. The van der Waals surface area contributed by atoms with Gasteiger partial charge in [0.1, 0.15) is 0 Å². The van der Waals surface area contributed by atoms with Gasteiger partial charge in [0.25, 0.3) is 5.91 Å². The molecule has 20 heavy (non-hydrogen) atoms. The Morgan fingerprint density at radius 2 is 1.55 bits per heavy atom. The summed E-state index contributed by atoms with van der Waals surface area (Å²) in [6, 6.07) is 15.3. The summed E-state index contributed by atoms with van der Waals surface area (Å²) in [5.74, 6) is -0.958. The molecule has 1 amide bonds. The number of rotatable bonds is 2. The van der Waals surface area contributed by atoms with Gasteiger partial charge in [-0.25, -0.2) is 4.79 Å². The first kappa shape index (κ1) is 14.3. The van der Waals surface area contributed by atoms with E-state index >= 15 is 0 Å². The van der Waals surface area contributed by atoms with Crippen LogP contribution in [0.25, 0.3) is 0 Å². The van der Waals surface area contributed by atoms with Gasteiger partial charge in [0.15, 0.2) is 0 Å². The molecular weight excluding hydrogens is 322 g/mol. The Labute approximate surface area is 125 Å². The lowest BCUT2D eigenvalue weighted by molar-refractivity contribution is -0.0658. The molecule has 5 heteroatoms. The minimum absolute atomic E-state index is 0.387. The molecule has 0 aliphatic rings. The molecule has 2 aromatic rings. The Hall–Kier alpha value is -2.14. The Kier molecular flexibility index (Phi) is 4.53. The highest BCUT2D eigenvalue weighted by atomic mass is 79.9. The predicted molar refractivity (Wildman–Crippen MR) is 78.1 cm³/mol. The number of carbonyl (C=O) groups excluding carboxylic acids is 2. The Morgan fingerprint density at radius 1 is 0.950 bits per heavy atom. The second-order valence-corrected chi connectivity index (χ2v) is 4.97. The van der Waals surface area contributed by atoms with Crippen LogP contribution in [0.15, 0.2) is 59.1 Å². The van der Waals surface area contributed by atoms with Crippen LogP contribution in [0.5, 0.6) is 0 Å². The summed E-state index contributed by atoms with van der Waals surface area (Å²) < 4.78 is 0.873. The highest BCUT2D eigenvalue weighted by Gasteiger charge is 2.17. The van der Waals surface area contributed by atoms with Crippen LogP contribution in [-0.4, -0.2) is 24.0 Å². The van der Waals surface area contributed by atoms with E-state index in [9.17, 15) is 9.59 Å². The van der Waals surface area contributed by atoms with Crippen LogP contribution < -0.4 is 0 Å². The zero-order chi connectivity index (χ0) is 14.5. The summed E-state index contributed by atoms with van der Waals surface area (Å²) in [6.45, 7) is 0. The molecule has 0 unspecified atom stereocenters. The van der Waals surface area contributed by atoms with Crippen molar-refractivity contribution in [3.63, 3.8) is 0 Å². The van der Waals surface area contributed by atoms with E-state index < -0.39 is 5.97 Å². The molecule has 4 nitrogen and oxygen atoms in total. The van der Waals surface area contributed by atoms with Gasteiger partial charge >= 0.3 is 5.97 Å². The fraction of sp³-hybridized carbons (Fsp3) is 0.0667. The molecule has 0 aromatic heterocycles. The molecule has 0 N–H and O–H groups in total. The van der Waals surface area contributed by atoms with E-state index in [0.29, 0.717) is 11.1 Å². The molecule has 0 aliphatic heterocycles. The van der Waals surface area contributed by atoms with E-state index in [4.69, 9.17) is 4.84 Å². The van der Waals surface area contributed by atoms with Crippen molar-refractivity contribution in [2.75, 3.05) is 7.05 Å². The number of halogens is 1. The van der Waals surface area contributed by atoms with Crippen molar-refractivity contribution in [1.29, 1.82) is 0 Å². The summed E-state index contributed by atoms with van der Waals surface area (Å²) in [6.07, 6.45) is 0. The average molecular weight is 334 g/mol. The predicted octanol–water partition coefficient (Wildman–Crippen LogP) is 3.29. The first-order valence-corrected chi connectivity index (χ1v) is 6.68. The van der Waals surface area contributed by atoms with Crippen LogP contribution in [0.4, 0.5) is 0 Å². The van der Waals surface area contributed by atoms with E-state index in [1.165, 1.54) is 7.05 Å². The van der Waals surface area contributed by atoms with Crippen LogP contribution in [0, 0.1) is 0 Å². The lowest BCUT2D eigenvalue weighted by Gasteiger charge is -2.16. The second kappa shape index (κ2) is 6.34. The van der Waals surface area contributed by atoms with Crippen LogP contribution in [0.3, 0.4) is 0 Å². The van der Waals surface area contributed by atoms with Crippen molar-refractivity contribution in [2.45, 2.75) is 0 Å². The van der Waals surface area contributed by atoms with Crippen molar-refractivity contribution in [3.05, 3.63) is 70.2 Å². The zero-order valence-electron chi connectivity index (χ0n) is 10.7. The first-order chi connectivity index (χ1) is 9.58. The van der Waals surface area contributed by atoms with Gasteiger partial charge in [-0.1, -0.05) is 34.1 Å². The summed E-state index contributed by atoms with van der Waals surface area (Å²) >= 11 is 3.29. The van der Waals surface area contributed by atoms with E-state index in [1.807, 2.05) is 0 Å². The number of nitrogens with zero attached hydrogens (tertiary/aromatic N) is 1. The maximum absolute atomic E-state index is 12.1. The number of hydrogen-bond acceptors (Lipinski definition) is 3. The van der Waals surface area contributed by atoms with Gasteiger partial charge in [0.2, 0.25) is 0 Å². The molecule has 0 bridgehead atoms. The normalized spacial score (nSPS) is 9.90. The molecule has 0 atom stereocenters. The number of benzene rings is 2. The highest BCUT2D eigenvalue weighted by Crippen LogP contribution is 2.12. The van der Waals surface area contributed by atoms with Gasteiger partial charge in [0, 0.05) is 17.1 Å². The molecule has 0 saturated carbocycles. The van der Waals surface area contributed by atoms with E-state index in [2.05, 4.69) is 15.9 Å². The van der Waals surface area contributed by atoms with E-state index in [-0.39, 0.29) is 5.91 Å². The highest BCUT2D eigenvalue weighted by molar-refractivity contribution is 9.10. The largest absolute Gasteiger partial charge is 0.363 e. The molecule has 0 saturated heterocycles. The fourth-order valence-corrected chi connectivity index (χ4v) is 1.83. The number of carbonyl (C=O) groups is 2. The van der Waals surface area contributed by atoms with Crippen LogP contribution in [0.2, 0.25) is 0 Å². The molecule has 0 radical (unpaired) electrons. The maximum atomic E-state index is 12.1. The lowest BCUT2D eigenvalue weighted by Crippen LogP contribution is -2.29. The minimum Gasteiger partial charge on any atom is -0.333 e. The smallest absolute Gasteiger partial charge is 0.333 e. The van der Waals surface area contributed by atoms with Gasteiger partial charge in [-0.05, 0) is 36.4 Å². The Morgan fingerprint density at radius 3 is 2.15 bits per heavy atom. The molecule has 0 fully saturated rings. The van der Waals surface area contributed by atoms with Gasteiger partial charge < -0.3 is 4.84 Å². The quantitative estimate of drug-likeness (QED) is 0.792. The van der Waals surface area contributed by atoms with Crippen molar-refractivity contribution < 1.29 is 14.4 Å². The van der Waals surface area contributed by atoms with Gasteiger partial charge in [-0.3, -0.25) is 4.79 Å². The third-order valence-electron chi connectivity index (χ3n) is 2.61. The Balaban J connectivity index is 2.05. The second-order valence-electron chi connectivity index (χ2n) is 4.05. The van der Waals surface area contributed by atoms with Crippen molar-refractivity contribution in [2.24, 2.45) is 0 Å². The van der Waals surface area contributed by atoms with Crippen molar-refractivity contribution >= 4 is 27.8 Å². The molecule has 0 aliphatic carbocycles. The standard InChI is InChI=1S/C15H12BrNO3/c1-17(14(18)11-7-9-13(16)10-8-11)20-15(19)12-5-3-2-4-6-12/h2-10H,1H3. The molecular formula is C15H12BrNO3. The molecule has 0 spiro atoms. The maximum Gasteiger partial charge on any atom is 0.363 e. The zero-order valence-corrected chi connectivity index (χ0v) is 12.3. The summed E-state index contributed by atoms with van der Waals surface area (Å²) in [7, 11) is 1.41. The molecule has 102 valence electrons. The van der Waals surface area contributed by atoms with E-state index in [1.54, 1.807) is 54.6 Å². The topological polar surface area (TPSA) is 46.6 Å². The number of amides is 1. The molecule has 2 rings (SSSR count). The summed E-state index contributed by atoms with van der Waals surface area (Å²) in [5, 5.41) is 0.929. The molecule has 0 heterocycles. The van der Waals surface area contributed by atoms with Crippen molar-refractivity contribution in [3.8, 4) is 0 Å². The van der Waals surface area contributed by atoms with Crippen LogP contribution >= 0.6 is 15.9 Å². The van der Waals surface area contributed by atoms with Gasteiger partial charge in [-0.15, -0.1) is 0 Å². The first-order valence-electron chi connectivity index (χ1n) is 5.89. The Bertz CT molecular complexity index is 611. The summed E-state index contributed by atoms with van der Waals surface area (Å²) in [5.41, 5.74) is 0.833. The average Bonchev–Trinajstić information content (AvgIpc) is 2.48. The summed E-state index contributed by atoms with van der Waals surface area (Å²) in [4.78, 5) is 28.9. The minimum atomic E-state index is -0.571. The van der Waals surface area contributed by atoms with Gasteiger partial charge in [0.05, 0.1) is 5.56 Å². The lowest BCUT2D eigenvalue weighted by atomic mass is 10.2. The SMILES string of the molecule is CN(OC(=O)c1ccccc1)C(=O)c1ccc(Br)cc1. The third kappa shape index (κ3) is 3.45. The van der Waals surface area contributed by atoms with E-state index in [0.717, 1.165) is 9.54 Å². The van der Waals surface area contributed by atoms with Crippen molar-refractivity contribution in [1.82, 2.24) is 5.06 Å². The third-order valence-corrected chi connectivity index (χ3v) is 3.14. The fourth-order valence-electron chi connectivity index (χ4n) is 1.57. The van der Waals surface area contributed by atoms with Gasteiger partial charge in [-0.2, -0.15) is 5.06 Å².